The van der Waals surface area contributed by atoms with Gasteiger partial charge in [-0.15, -0.1) is 0 Å². The lowest BCUT2D eigenvalue weighted by Gasteiger charge is -2.01. The van der Waals surface area contributed by atoms with Crippen molar-refractivity contribution in [1.82, 2.24) is 4.98 Å². The molecule has 66 valence electrons. The first-order chi connectivity index (χ1) is 6.18. The van der Waals surface area contributed by atoms with E-state index < -0.39 is 0 Å². The van der Waals surface area contributed by atoms with Crippen LogP contribution in [0, 0.1) is 13.8 Å². The molecule has 2 heteroatoms. The average molecular weight is 173 g/mol. The van der Waals surface area contributed by atoms with E-state index in [4.69, 9.17) is 0 Å². The summed E-state index contributed by atoms with van der Waals surface area (Å²) in [6.45, 7) is 4.03. The van der Waals surface area contributed by atoms with Gasteiger partial charge in [-0.1, -0.05) is 17.7 Å². The highest BCUT2D eigenvalue weighted by Gasteiger charge is 2.00. The summed E-state index contributed by atoms with van der Waals surface area (Å²) in [5.74, 6) is 0. The molecule has 13 heavy (non-hydrogen) atoms. The van der Waals surface area contributed by atoms with E-state index in [9.17, 15) is 4.79 Å². The van der Waals surface area contributed by atoms with E-state index in [2.05, 4.69) is 4.98 Å². The Bertz CT molecular complexity index is 511. The van der Waals surface area contributed by atoms with Crippen molar-refractivity contribution < 1.29 is 0 Å². The Kier molecular flexibility index (Phi) is 1.69. The van der Waals surface area contributed by atoms with Crippen molar-refractivity contribution in [2.75, 3.05) is 0 Å². The molecule has 0 unspecified atom stereocenters. The van der Waals surface area contributed by atoms with E-state index in [-0.39, 0.29) is 5.56 Å². The van der Waals surface area contributed by atoms with Crippen LogP contribution in [0.4, 0.5) is 0 Å². The third-order valence-corrected chi connectivity index (χ3v) is 2.26. The van der Waals surface area contributed by atoms with Crippen LogP contribution in [-0.4, -0.2) is 4.98 Å². The number of aromatic nitrogens is 1. The number of hydrogen-bond donors (Lipinski definition) is 1. The first-order valence-electron chi connectivity index (χ1n) is 4.27. The Morgan fingerprint density at radius 3 is 2.69 bits per heavy atom. The molecular weight excluding hydrogens is 162 g/mol. The lowest BCUT2D eigenvalue weighted by molar-refractivity contribution is 1.24. The Hall–Kier alpha value is -1.57. The van der Waals surface area contributed by atoms with Crippen molar-refractivity contribution >= 4 is 10.8 Å². The summed E-state index contributed by atoms with van der Waals surface area (Å²) >= 11 is 0. The molecule has 1 aromatic carbocycles. The van der Waals surface area contributed by atoms with Gasteiger partial charge in [-0.2, -0.15) is 0 Å². The molecule has 1 N–H and O–H groups in total. The normalized spacial score (nSPS) is 10.6. The summed E-state index contributed by atoms with van der Waals surface area (Å²) in [6, 6.07) is 5.87. The van der Waals surface area contributed by atoms with Crippen LogP contribution >= 0.6 is 0 Å². The Morgan fingerprint density at radius 1 is 1.15 bits per heavy atom. The third kappa shape index (κ3) is 1.24. The second-order valence-electron chi connectivity index (χ2n) is 3.35. The molecule has 2 rings (SSSR count). The highest BCUT2D eigenvalue weighted by Crippen LogP contribution is 2.14. The van der Waals surface area contributed by atoms with E-state index in [1.165, 1.54) is 5.56 Å². The number of nitrogens with one attached hydrogen (secondary N) is 1. The first-order valence-corrected chi connectivity index (χ1v) is 4.27. The van der Waals surface area contributed by atoms with Crippen LogP contribution in [0.3, 0.4) is 0 Å². The van der Waals surface area contributed by atoms with Crippen LogP contribution in [-0.2, 0) is 0 Å². The van der Waals surface area contributed by atoms with Gasteiger partial charge in [0.25, 0.3) is 5.56 Å². The molecule has 1 heterocycles. The molecule has 1 aromatic heterocycles. The summed E-state index contributed by atoms with van der Waals surface area (Å²) in [4.78, 5) is 14.1. The van der Waals surface area contributed by atoms with E-state index in [1.54, 1.807) is 6.20 Å². The summed E-state index contributed by atoms with van der Waals surface area (Å²) in [5, 5.41) is 1.81. The monoisotopic (exact) mass is 173 g/mol. The lowest BCUT2D eigenvalue weighted by Crippen LogP contribution is -2.05. The van der Waals surface area contributed by atoms with Gasteiger partial charge in [-0.3, -0.25) is 4.79 Å². The standard InChI is InChI=1S/C11H11NO/c1-7-3-4-9-10(5-7)8(2)6-12-11(9)13/h3-6H,1-2H3,(H,12,13). The number of H-pyrrole nitrogens is 1. The smallest absolute Gasteiger partial charge is 0.255 e. The number of hydrogen-bond acceptors (Lipinski definition) is 1. The fraction of sp³-hybridized carbons (Fsp3) is 0.182. The van der Waals surface area contributed by atoms with Crippen LogP contribution < -0.4 is 5.56 Å². The van der Waals surface area contributed by atoms with Crippen molar-refractivity contribution in [2.45, 2.75) is 13.8 Å². The van der Waals surface area contributed by atoms with Crippen LogP contribution in [0.1, 0.15) is 11.1 Å². The predicted molar refractivity (Wildman–Crippen MR) is 54.0 cm³/mol. The molecule has 0 spiro atoms. The Morgan fingerprint density at radius 2 is 1.92 bits per heavy atom. The zero-order valence-corrected chi connectivity index (χ0v) is 7.72. The molecule has 0 saturated heterocycles. The minimum absolute atomic E-state index is 0.0133. The largest absolute Gasteiger partial charge is 0.328 e. The summed E-state index contributed by atoms with van der Waals surface area (Å²) in [6.07, 6.45) is 1.75. The second-order valence-corrected chi connectivity index (χ2v) is 3.35. The third-order valence-electron chi connectivity index (χ3n) is 2.26. The first kappa shape index (κ1) is 8.05. The van der Waals surface area contributed by atoms with Crippen LogP contribution in [0.5, 0.6) is 0 Å². The van der Waals surface area contributed by atoms with Gasteiger partial charge in [0.15, 0.2) is 0 Å². The Balaban J connectivity index is 3.01. The molecule has 0 fully saturated rings. The Labute approximate surface area is 76.2 Å². The van der Waals surface area contributed by atoms with Gasteiger partial charge in [0.05, 0.1) is 0 Å². The van der Waals surface area contributed by atoms with Crippen molar-refractivity contribution in [3.05, 3.63) is 45.9 Å². The van der Waals surface area contributed by atoms with Gasteiger partial charge in [-0.25, -0.2) is 0 Å². The molecule has 2 nitrogen and oxygen atoms in total. The molecule has 0 aliphatic heterocycles. The van der Waals surface area contributed by atoms with Gasteiger partial charge < -0.3 is 4.98 Å². The van der Waals surface area contributed by atoms with E-state index in [0.29, 0.717) is 0 Å². The van der Waals surface area contributed by atoms with Gasteiger partial charge in [0.1, 0.15) is 0 Å². The van der Waals surface area contributed by atoms with E-state index >= 15 is 0 Å². The van der Waals surface area contributed by atoms with Crippen molar-refractivity contribution in [3.8, 4) is 0 Å². The molecule has 0 radical (unpaired) electrons. The molecule has 0 aliphatic rings. The maximum atomic E-state index is 11.4. The number of benzene rings is 1. The van der Waals surface area contributed by atoms with Gasteiger partial charge >= 0.3 is 0 Å². The number of rotatable bonds is 0. The number of aryl methyl sites for hydroxylation is 2. The molecule has 0 bridgehead atoms. The van der Waals surface area contributed by atoms with Crippen LogP contribution in [0.15, 0.2) is 29.2 Å². The number of fused-ring (bicyclic) bond motifs is 1. The fourth-order valence-electron chi connectivity index (χ4n) is 1.51. The zero-order chi connectivity index (χ0) is 9.42. The van der Waals surface area contributed by atoms with Crippen molar-refractivity contribution in [1.29, 1.82) is 0 Å². The van der Waals surface area contributed by atoms with Crippen LogP contribution in [0.2, 0.25) is 0 Å². The molecule has 0 aliphatic carbocycles. The molecule has 0 saturated carbocycles. The lowest BCUT2D eigenvalue weighted by atomic mass is 10.1. The number of aromatic amines is 1. The molecular formula is C11H11NO. The SMILES string of the molecule is Cc1ccc2c(=O)[nH]cc(C)c2c1. The number of pyridine rings is 1. The molecule has 0 amide bonds. The van der Waals surface area contributed by atoms with Gasteiger partial charge in [0.2, 0.25) is 0 Å². The van der Waals surface area contributed by atoms with E-state index in [0.717, 1.165) is 16.3 Å². The quantitative estimate of drug-likeness (QED) is 0.650. The van der Waals surface area contributed by atoms with Crippen molar-refractivity contribution in [2.24, 2.45) is 0 Å². The van der Waals surface area contributed by atoms with E-state index in [1.807, 2.05) is 32.0 Å². The molecule has 0 atom stereocenters. The fourth-order valence-corrected chi connectivity index (χ4v) is 1.51. The van der Waals surface area contributed by atoms with Gasteiger partial charge in [0, 0.05) is 11.6 Å². The van der Waals surface area contributed by atoms with Crippen LogP contribution in [0.25, 0.3) is 10.8 Å². The zero-order valence-electron chi connectivity index (χ0n) is 7.72. The highest BCUT2D eigenvalue weighted by molar-refractivity contribution is 5.84. The predicted octanol–water partition coefficient (Wildman–Crippen LogP) is 2.14. The average Bonchev–Trinajstić information content (AvgIpc) is 2.12. The molecule has 2 aromatic rings. The minimum atomic E-state index is -0.0133. The van der Waals surface area contributed by atoms with Gasteiger partial charge in [-0.05, 0) is 30.9 Å². The summed E-state index contributed by atoms with van der Waals surface area (Å²) in [5.41, 5.74) is 2.28. The maximum absolute atomic E-state index is 11.4. The second kappa shape index (κ2) is 2.73. The summed E-state index contributed by atoms with van der Waals surface area (Å²) < 4.78 is 0. The maximum Gasteiger partial charge on any atom is 0.255 e. The minimum Gasteiger partial charge on any atom is -0.328 e. The highest BCUT2D eigenvalue weighted by atomic mass is 16.1. The summed E-state index contributed by atoms with van der Waals surface area (Å²) in [7, 11) is 0. The topological polar surface area (TPSA) is 32.9 Å². The van der Waals surface area contributed by atoms with Crippen molar-refractivity contribution in [3.63, 3.8) is 0 Å².